The lowest BCUT2D eigenvalue weighted by atomic mass is 9.51. The molecule has 2 saturated carbocycles. The fourth-order valence-corrected chi connectivity index (χ4v) is 8.83. The van der Waals surface area contributed by atoms with Crippen molar-refractivity contribution in [2.45, 2.75) is 78.9 Å². The number of phenols is 1. The number of anilines is 1. The molecule has 2 fully saturated rings. The second-order valence-corrected chi connectivity index (χ2v) is 14.6. The van der Waals surface area contributed by atoms with Gasteiger partial charge in [0.1, 0.15) is 22.8 Å². The molecule has 4 aliphatic carbocycles. The van der Waals surface area contributed by atoms with E-state index in [0.717, 1.165) is 30.8 Å². The lowest BCUT2D eigenvalue weighted by Gasteiger charge is -2.55. The highest BCUT2D eigenvalue weighted by atomic mass is 16.3. The molecule has 3 unspecified atom stereocenters. The molecule has 45 heavy (non-hydrogen) atoms. The van der Waals surface area contributed by atoms with E-state index in [4.69, 9.17) is 5.73 Å². The quantitative estimate of drug-likeness (QED) is 0.256. The summed E-state index contributed by atoms with van der Waals surface area (Å²) < 4.78 is 0. The molecule has 0 heterocycles. The molecular formula is C35H49N3O7. The van der Waals surface area contributed by atoms with E-state index in [1.165, 1.54) is 6.42 Å². The van der Waals surface area contributed by atoms with Gasteiger partial charge in [0.15, 0.2) is 11.4 Å². The number of nitrogens with zero attached hydrogens (tertiary/aromatic N) is 2. The van der Waals surface area contributed by atoms with Crippen LogP contribution in [0.15, 0.2) is 23.0 Å². The van der Waals surface area contributed by atoms with Gasteiger partial charge in [0.05, 0.1) is 5.56 Å². The van der Waals surface area contributed by atoms with Crippen molar-refractivity contribution in [1.29, 1.82) is 0 Å². The maximum atomic E-state index is 13.9. The summed E-state index contributed by atoms with van der Waals surface area (Å²) in [4.78, 5) is 42.9. The van der Waals surface area contributed by atoms with E-state index in [2.05, 4.69) is 39.5 Å². The summed E-state index contributed by atoms with van der Waals surface area (Å²) in [7, 11) is 3.82. The van der Waals surface area contributed by atoms with Crippen LogP contribution in [-0.2, 0) is 27.3 Å². The predicted octanol–water partition coefficient (Wildman–Crippen LogP) is 4.02. The molecule has 246 valence electrons. The highest BCUT2D eigenvalue weighted by molar-refractivity contribution is 6.22. The number of aliphatic hydroxyl groups excluding tert-OH is 2. The van der Waals surface area contributed by atoms with E-state index in [-0.39, 0.29) is 36.1 Å². The molecule has 6 atom stereocenters. The van der Waals surface area contributed by atoms with Gasteiger partial charge in [-0.25, -0.2) is 0 Å². The number of aliphatic hydroxyl groups is 3. The Morgan fingerprint density at radius 3 is 2.31 bits per heavy atom. The lowest BCUT2D eigenvalue weighted by Crippen LogP contribution is -2.58. The van der Waals surface area contributed by atoms with Gasteiger partial charge >= 0.3 is 0 Å². The summed E-state index contributed by atoms with van der Waals surface area (Å²) in [6.45, 7) is 13.8. The predicted molar refractivity (Wildman–Crippen MR) is 171 cm³/mol. The molecule has 4 aliphatic rings. The fraction of sp³-hybridized carbons (Fsp3) is 0.629. The molecule has 10 heteroatoms. The first-order valence-corrected chi connectivity index (χ1v) is 16.2. The Hall–Kier alpha value is -3.37. The smallest absolute Gasteiger partial charge is 0.255 e. The molecule has 0 spiro atoms. The van der Waals surface area contributed by atoms with Gasteiger partial charge in [-0.2, -0.15) is 0 Å². The summed E-state index contributed by atoms with van der Waals surface area (Å²) in [5, 5.41) is 45.3. The van der Waals surface area contributed by atoms with Gasteiger partial charge in [-0.3, -0.25) is 19.3 Å². The Morgan fingerprint density at radius 1 is 1.11 bits per heavy atom. The van der Waals surface area contributed by atoms with Gasteiger partial charge in [-0.1, -0.05) is 41.0 Å². The molecule has 10 nitrogen and oxygen atoms in total. The number of benzene rings is 1. The first kappa shape index (κ1) is 33.0. The molecule has 6 N–H and O–H groups in total. The first-order chi connectivity index (χ1) is 21.0. The maximum absolute atomic E-state index is 13.9. The number of carbonyl (C=O) groups excluding carboxylic acids is 3. The number of primary amides is 1. The van der Waals surface area contributed by atoms with E-state index in [9.17, 15) is 34.8 Å². The van der Waals surface area contributed by atoms with Crippen LogP contribution in [0.1, 0.15) is 77.0 Å². The third kappa shape index (κ3) is 4.95. The molecule has 0 aromatic heterocycles. The van der Waals surface area contributed by atoms with Crippen molar-refractivity contribution in [3.8, 4) is 5.75 Å². The van der Waals surface area contributed by atoms with Crippen LogP contribution in [0, 0.1) is 35.0 Å². The number of aromatic hydroxyl groups is 1. The zero-order chi connectivity index (χ0) is 33.3. The van der Waals surface area contributed by atoms with Crippen LogP contribution in [0.2, 0.25) is 0 Å². The third-order valence-corrected chi connectivity index (χ3v) is 11.8. The van der Waals surface area contributed by atoms with Crippen molar-refractivity contribution in [2.75, 3.05) is 32.1 Å². The summed E-state index contributed by atoms with van der Waals surface area (Å²) >= 11 is 0. The number of Topliss-reactive ketones (excluding diaryl/α,β-unsaturated/α-hetero) is 2. The van der Waals surface area contributed by atoms with E-state index >= 15 is 0 Å². The number of rotatable bonds is 9. The van der Waals surface area contributed by atoms with Crippen LogP contribution < -0.4 is 10.6 Å². The minimum atomic E-state index is -2.57. The van der Waals surface area contributed by atoms with E-state index < -0.39 is 52.0 Å². The SMILES string of the molecule is CC[C@H](CN(CC)Cc1cc(O)c2c(c1N(C)C)CC1C[C@H]3CC(=O)C(C(N)=O)=C(O)[C@@]3(O)C(=O)C1=C2O)C1CC(C)C1(C)C. The van der Waals surface area contributed by atoms with Gasteiger partial charge in [0.2, 0.25) is 5.78 Å². The van der Waals surface area contributed by atoms with Crippen molar-refractivity contribution in [1.82, 2.24) is 4.90 Å². The first-order valence-electron chi connectivity index (χ1n) is 16.2. The minimum Gasteiger partial charge on any atom is -0.508 e. The molecule has 0 saturated heterocycles. The third-order valence-electron chi connectivity index (χ3n) is 11.8. The van der Waals surface area contributed by atoms with E-state index in [1.807, 2.05) is 19.0 Å². The van der Waals surface area contributed by atoms with Gasteiger partial charge in [0, 0.05) is 50.8 Å². The van der Waals surface area contributed by atoms with Gasteiger partial charge < -0.3 is 31.1 Å². The van der Waals surface area contributed by atoms with Crippen LogP contribution in [0.25, 0.3) is 5.76 Å². The topological polar surface area (TPSA) is 165 Å². The molecular weight excluding hydrogens is 574 g/mol. The molecule has 0 radical (unpaired) electrons. The average Bonchev–Trinajstić information content (AvgIpc) is 2.95. The normalized spacial score (nSPS) is 29.6. The van der Waals surface area contributed by atoms with Gasteiger partial charge in [0.25, 0.3) is 5.91 Å². The van der Waals surface area contributed by atoms with Crippen molar-refractivity contribution >= 4 is 28.9 Å². The summed E-state index contributed by atoms with van der Waals surface area (Å²) in [5.41, 5.74) is 4.68. The Kier molecular flexibility index (Phi) is 8.40. The van der Waals surface area contributed by atoms with Gasteiger partial charge in [-0.05, 0) is 72.1 Å². The second-order valence-electron chi connectivity index (χ2n) is 14.6. The number of carbonyl (C=O) groups is 3. The molecule has 5 rings (SSSR count). The Morgan fingerprint density at radius 2 is 1.78 bits per heavy atom. The zero-order valence-corrected chi connectivity index (χ0v) is 27.6. The Bertz CT molecular complexity index is 1510. The number of hydrogen-bond donors (Lipinski definition) is 5. The number of nitrogens with two attached hydrogens (primary N) is 1. The van der Waals surface area contributed by atoms with Crippen LogP contribution in [0.3, 0.4) is 0 Å². The van der Waals surface area contributed by atoms with E-state index in [1.54, 1.807) is 6.07 Å². The second kappa shape index (κ2) is 11.5. The van der Waals surface area contributed by atoms with E-state index in [0.29, 0.717) is 35.3 Å². The van der Waals surface area contributed by atoms with Crippen molar-refractivity contribution in [3.63, 3.8) is 0 Å². The maximum Gasteiger partial charge on any atom is 0.255 e. The molecule has 1 aromatic rings. The van der Waals surface area contributed by atoms with Crippen molar-refractivity contribution in [2.24, 2.45) is 40.7 Å². The molecule has 0 aliphatic heterocycles. The lowest BCUT2D eigenvalue weighted by molar-refractivity contribution is -0.147. The standard InChI is InChI=1S/C35H49N3O7/c1-8-18(23-10-17(3)34(23,4)5)15-38(9-2)16-20-13-24(39)27-22(29(20)37(6)7)12-19-11-21-14-25(40)28(33(36)44)32(43)35(21,45)31(42)26(19)30(27)41/h13,17-19,21,23,39,41,43,45H,8-12,14-16H2,1-7H3,(H2,36,44)/t17?,18-,19?,21+,23?,35+/m1/s1. The molecule has 1 amide bonds. The summed E-state index contributed by atoms with van der Waals surface area (Å²) in [6.07, 6.45) is 2.37. The highest BCUT2D eigenvalue weighted by Crippen LogP contribution is 2.56. The Labute approximate surface area is 265 Å². The van der Waals surface area contributed by atoms with Crippen molar-refractivity contribution in [3.05, 3.63) is 39.7 Å². The van der Waals surface area contributed by atoms with Gasteiger partial charge in [-0.15, -0.1) is 0 Å². The summed E-state index contributed by atoms with van der Waals surface area (Å²) in [6, 6.07) is 1.65. The number of phenolic OH excluding ortho intramolecular Hbond substituents is 1. The minimum absolute atomic E-state index is 0.107. The number of fused-ring (bicyclic) bond motifs is 3. The highest BCUT2D eigenvalue weighted by Gasteiger charge is 2.60. The zero-order valence-electron chi connectivity index (χ0n) is 27.6. The Balaban J connectivity index is 1.54. The largest absolute Gasteiger partial charge is 0.508 e. The fourth-order valence-electron chi connectivity index (χ4n) is 8.83. The average molecular weight is 624 g/mol. The number of amides is 1. The number of ketones is 2. The number of hydrogen-bond acceptors (Lipinski definition) is 9. The summed E-state index contributed by atoms with van der Waals surface area (Å²) in [5.74, 6) is -4.32. The van der Waals surface area contributed by atoms with Crippen LogP contribution in [0.5, 0.6) is 5.75 Å². The van der Waals surface area contributed by atoms with Crippen LogP contribution >= 0.6 is 0 Å². The monoisotopic (exact) mass is 623 g/mol. The van der Waals surface area contributed by atoms with Crippen molar-refractivity contribution < 1.29 is 34.8 Å². The van der Waals surface area contributed by atoms with Crippen LogP contribution in [-0.4, -0.2) is 75.6 Å². The van der Waals surface area contributed by atoms with Crippen LogP contribution in [0.4, 0.5) is 5.69 Å². The molecule has 1 aromatic carbocycles. The molecule has 0 bridgehead atoms.